The molecule has 0 bridgehead atoms. The molecule has 3 rings (SSSR count). The number of aromatic nitrogens is 3. The summed E-state index contributed by atoms with van der Waals surface area (Å²) in [5.41, 5.74) is 3.62. The molecule has 1 aliphatic carbocycles. The maximum Gasteiger partial charge on any atom is 0.278 e. The molecule has 0 saturated heterocycles. The number of rotatable bonds is 1. The molecule has 1 aliphatic heterocycles. The average molecular weight is 218 g/mol. The highest BCUT2D eigenvalue weighted by Gasteiger charge is 2.22. The number of carbonyl (C=O) groups is 1. The Bertz CT molecular complexity index is 501. The second kappa shape index (κ2) is 3.57. The molecule has 1 aromatic rings. The van der Waals surface area contributed by atoms with E-state index in [0.717, 1.165) is 18.4 Å². The first kappa shape index (κ1) is 9.29. The fourth-order valence-electron chi connectivity index (χ4n) is 1.70. The third-order valence-electron chi connectivity index (χ3n) is 2.50. The Labute approximate surface area is 91.6 Å². The normalized spacial score (nSPS) is 19.0. The van der Waals surface area contributed by atoms with Gasteiger partial charge in [-0.3, -0.25) is 9.63 Å². The minimum atomic E-state index is -0.209. The van der Waals surface area contributed by atoms with Crippen molar-refractivity contribution in [3.05, 3.63) is 24.1 Å². The molecule has 0 atom stereocenters. The summed E-state index contributed by atoms with van der Waals surface area (Å²) in [7, 11) is 0. The lowest BCUT2D eigenvalue weighted by Crippen LogP contribution is -2.28. The van der Waals surface area contributed by atoms with Gasteiger partial charge in [-0.15, -0.1) is 5.10 Å². The molecule has 0 radical (unpaired) electrons. The number of hydrogen-bond donors (Lipinski definition) is 1. The lowest BCUT2D eigenvalue weighted by molar-refractivity contribution is 0.0686. The summed E-state index contributed by atoms with van der Waals surface area (Å²) >= 11 is 0. The second-order valence-corrected chi connectivity index (χ2v) is 3.61. The number of allylic oxidation sites excluding steroid dienone is 4. The fourth-order valence-corrected chi connectivity index (χ4v) is 1.70. The molecule has 0 unspecified atom stereocenters. The van der Waals surface area contributed by atoms with Crippen molar-refractivity contribution in [2.75, 3.05) is 12.1 Å². The smallest absolute Gasteiger partial charge is 0.270 e. The quantitative estimate of drug-likeness (QED) is 0.761. The minimum Gasteiger partial charge on any atom is -0.270 e. The minimum absolute atomic E-state index is 0.0191. The first-order valence-electron chi connectivity index (χ1n) is 5.09. The predicted molar refractivity (Wildman–Crippen MR) is 56.6 cm³/mol. The molecule has 0 fully saturated rings. The van der Waals surface area contributed by atoms with E-state index >= 15 is 0 Å². The summed E-state index contributed by atoms with van der Waals surface area (Å²) in [4.78, 5) is 20.5. The maximum atomic E-state index is 11.4. The first-order chi connectivity index (χ1) is 7.84. The highest BCUT2D eigenvalue weighted by atomic mass is 16.7. The van der Waals surface area contributed by atoms with E-state index in [4.69, 9.17) is 4.84 Å². The lowest BCUT2D eigenvalue weighted by atomic mass is 10.1. The van der Waals surface area contributed by atoms with E-state index in [1.165, 1.54) is 4.68 Å². The number of nitrogens with one attached hydrogen (secondary N) is 1. The van der Waals surface area contributed by atoms with E-state index in [1.807, 2.05) is 12.2 Å². The van der Waals surface area contributed by atoms with Crippen molar-refractivity contribution in [1.29, 1.82) is 0 Å². The van der Waals surface area contributed by atoms with Crippen molar-refractivity contribution in [3.63, 3.8) is 0 Å². The van der Waals surface area contributed by atoms with Gasteiger partial charge in [0.15, 0.2) is 12.4 Å². The van der Waals surface area contributed by atoms with Crippen molar-refractivity contribution in [3.8, 4) is 0 Å². The van der Waals surface area contributed by atoms with Crippen LogP contribution in [0, 0.1) is 0 Å². The Morgan fingerprint density at radius 2 is 2.44 bits per heavy atom. The van der Waals surface area contributed by atoms with Gasteiger partial charge in [0.05, 0.1) is 0 Å². The third kappa shape index (κ3) is 1.43. The summed E-state index contributed by atoms with van der Waals surface area (Å²) in [5, 5.41) is 4.17. The summed E-state index contributed by atoms with van der Waals surface area (Å²) in [5.74, 6) is 0.729. The van der Waals surface area contributed by atoms with Gasteiger partial charge >= 0.3 is 0 Å². The first-order valence-corrected chi connectivity index (χ1v) is 5.09. The number of carbonyl (C=O) groups excluding carboxylic acids is 1. The summed E-state index contributed by atoms with van der Waals surface area (Å²) < 4.78 is 1.25. The highest BCUT2D eigenvalue weighted by Crippen LogP contribution is 2.22. The lowest BCUT2D eigenvalue weighted by Gasteiger charge is -2.11. The molecule has 2 heterocycles. The average Bonchev–Trinajstić information content (AvgIpc) is 2.76. The summed E-state index contributed by atoms with van der Waals surface area (Å²) in [6, 6.07) is 0. The van der Waals surface area contributed by atoms with Crippen molar-refractivity contribution < 1.29 is 9.63 Å². The monoisotopic (exact) mass is 218 g/mol. The van der Waals surface area contributed by atoms with E-state index < -0.39 is 0 Å². The van der Waals surface area contributed by atoms with Gasteiger partial charge in [-0.1, -0.05) is 18.2 Å². The van der Waals surface area contributed by atoms with Crippen LogP contribution in [0.5, 0.6) is 0 Å². The van der Waals surface area contributed by atoms with E-state index in [2.05, 4.69) is 21.6 Å². The molecular weight excluding hydrogens is 208 g/mol. The van der Waals surface area contributed by atoms with Crippen LogP contribution in [-0.2, 0) is 4.84 Å². The number of nitrogens with zero attached hydrogens (tertiary/aromatic N) is 3. The van der Waals surface area contributed by atoms with Gasteiger partial charge in [0.1, 0.15) is 0 Å². The SMILES string of the molecule is O=C1CONc2nc(C3=CC=CCC3)nn21. The van der Waals surface area contributed by atoms with Gasteiger partial charge in [-0.25, -0.2) is 5.48 Å². The van der Waals surface area contributed by atoms with Crippen LogP contribution >= 0.6 is 0 Å². The Morgan fingerprint density at radius 1 is 1.50 bits per heavy atom. The maximum absolute atomic E-state index is 11.4. The van der Waals surface area contributed by atoms with E-state index in [0.29, 0.717) is 11.8 Å². The molecule has 6 nitrogen and oxygen atoms in total. The zero-order valence-electron chi connectivity index (χ0n) is 8.51. The molecular formula is C10H10N4O2. The van der Waals surface area contributed by atoms with Crippen LogP contribution in [0.3, 0.4) is 0 Å². The van der Waals surface area contributed by atoms with Gasteiger partial charge in [0.25, 0.3) is 11.9 Å². The largest absolute Gasteiger partial charge is 0.278 e. The van der Waals surface area contributed by atoms with Crippen molar-refractivity contribution in [1.82, 2.24) is 14.8 Å². The number of fused-ring (bicyclic) bond motifs is 1. The van der Waals surface area contributed by atoms with Gasteiger partial charge in [0.2, 0.25) is 0 Å². The van der Waals surface area contributed by atoms with Crippen LogP contribution in [0.1, 0.15) is 23.5 Å². The van der Waals surface area contributed by atoms with E-state index in [-0.39, 0.29) is 12.5 Å². The van der Waals surface area contributed by atoms with E-state index in [9.17, 15) is 4.79 Å². The second-order valence-electron chi connectivity index (χ2n) is 3.61. The highest BCUT2D eigenvalue weighted by molar-refractivity contribution is 5.83. The molecule has 2 aliphatic rings. The zero-order valence-corrected chi connectivity index (χ0v) is 8.51. The van der Waals surface area contributed by atoms with Crippen LogP contribution in [0.25, 0.3) is 5.57 Å². The van der Waals surface area contributed by atoms with Crippen molar-refractivity contribution in [2.24, 2.45) is 0 Å². The Morgan fingerprint density at radius 3 is 3.19 bits per heavy atom. The topological polar surface area (TPSA) is 69.0 Å². The van der Waals surface area contributed by atoms with Gasteiger partial charge < -0.3 is 0 Å². The molecule has 1 aromatic heterocycles. The fraction of sp³-hybridized carbons (Fsp3) is 0.300. The zero-order chi connectivity index (χ0) is 11.0. The van der Waals surface area contributed by atoms with Crippen LogP contribution in [0.15, 0.2) is 18.2 Å². The molecule has 0 saturated carbocycles. The summed E-state index contributed by atoms with van der Waals surface area (Å²) in [6.07, 6.45) is 7.91. The van der Waals surface area contributed by atoms with Gasteiger partial charge in [0, 0.05) is 0 Å². The standard InChI is InChI=1S/C10H10N4O2/c15-8-6-16-13-10-11-9(12-14(8)10)7-4-2-1-3-5-7/h1-2,4H,3,5-6H2,(H,11,12,13). The molecule has 6 heteroatoms. The summed E-state index contributed by atoms with van der Waals surface area (Å²) in [6.45, 7) is -0.0191. The molecule has 16 heavy (non-hydrogen) atoms. The predicted octanol–water partition coefficient (Wildman–Crippen LogP) is 1.01. The third-order valence-corrected chi connectivity index (χ3v) is 2.50. The van der Waals surface area contributed by atoms with Crippen molar-refractivity contribution in [2.45, 2.75) is 12.8 Å². The molecule has 0 aromatic carbocycles. The van der Waals surface area contributed by atoms with Crippen LogP contribution < -0.4 is 5.48 Å². The van der Waals surface area contributed by atoms with Crippen LogP contribution in [0.2, 0.25) is 0 Å². The Kier molecular flexibility index (Phi) is 2.07. The molecule has 0 spiro atoms. The van der Waals surface area contributed by atoms with Crippen LogP contribution in [-0.4, -0.2) is 27.3 Å². The van der Waals surface area contributed by atoms with Crippen molar-refractivity contribution >= 4 is 17.4 Å². The Hall–Kier alpha value is -1.95. The Balaban J connectivity index is 2.00. The molecule has 82 valence electrons. The van der Waals surface area contributed by atoms with Gasteiger partial charge in [-0.05, 0) is 18.4 Å². The van der Waals surface area contributed by atoms with E-state index in [1.54, 1.807) is 0 Å². The molecule has 0 amide bonds. The van der Waals surface area contributed by atoms with Gasteiger partial charge in [-0.2, -0.15) is 9.67 Å². The molecule has 1 N–H and O–H groups in total. The number of anilines is 1. The van der Waals surface area contributed by atoms with Crippen LogP contribution in [0.4, 0.5) is 5.95 Å². The number of hydrogen-bond acceptors (Lipinski definition) is 5.